The van der Waals surface area contributed by atoms with E-state index in [0.29, 0.717) is 29.9 Å². The summed E-state index contributed by atoms with van der Waals surface area (Å²) in [5.41, 5.74) is 2.02. The molecular formula is C24H22FN5O2. The zero-order valence-electron chi connectivity index (χ0n) is 17.5. The summed E-state index contributed by atoms with van der Waals surface area (Å²) in [6, 6.07) is 19.3. The Morgan fingerprint density at radius 2 is 1.81 bits per heavy atom. The molecule has 1 unspecified atom stereocenters. The van der Waals surface area contributed by atoms with E-state index >= 15 is 0 Å². The van der Waals surface area contributed by atoms with Crippen LogP contribution in [-0.4, -0.2) is 34.2 Å². The fourth-order valence-electron chi connectivity index (χ4n) is 3.53. The molecule has 2 heterocycles. The Morgan fingerprint density at radius 1 is 1.06 bits per heavy atom. The first-order valence-electron chi connectivity index (χ1n) is 10.2. The predicted molar refractivity (Wildman–Crippen MR) is 123 cm³/mol. The van der Waals surface area contributed by atoms with Gasteiger partial charge in [-0.3, -0.25) is 9.59 Å². The zero-order chi connectivity index (χ0) is 22.5. The summed E-state index contributed by atoms with van der Waals surface area (Å²) in [4.78, 5) is 29.1. The van der Waals surface area contributed by atoms with E-state index in [-0.39, 0.29) is 11.6 Å². The quantitative estimate of drug-likeness (QED) is 0.325. The van der Waals surface area contributed by atoms with Crippen molar-refractivity contribution in [2.24, 2.45) is 0 Å². The third-order valence-electron chi connectivity index (χ3n) is 5.21. The van der Waals surface area contributed by atoms with Crippen LogP contribution in [-0.2, 0) is 4.79 Å². The van der Waals surface area contributed by atoms with E-state index in [1.54, 1.807) is 23.1 Å². The summed E-state index contributed by atoms with van der Waals surface area (Å²) in [6.07, 6.45) is 1.43. The number of pyridine rings is 1. The molecule has 2 aromatic carbocycles. The van der Waals surface area contributed by atoms with Crippen molar-refractivity contribution in [3.63, 3.8) is 0 Å². The lowest BCUT2D eigenvalue weighted by Gasteiger charge is -2.21. The number of hydrogen-bond acceptors (Lipinski definition) is 5. The molecule has 7 nitrogen and oxygen atoms in total. The third-order valence-corrected chi connectivity index (χ3v) is 5.21. The Hall–Kier alpha value is -4.07. The van der Waals surface area contributed by atoms with Crippen LogP contribution in [0.15, 0.2) is 71.5 Å². The second-order valence-corrected chi connectivity index (χ2v) is 7.47. The van der Waals surface area contributed by atoms with E-state index in [1.165, 1.54) is 6.07 Å². The highest BCUT2D eigenvalue weighted by Gasteiger charge is 2.12. The average molecular weight is 431 g/mol. The number of rotatable bonds is 8. The molecular weight excluding hydrogens is 409 g/mol. The summed E-state index contributed by atoms with van der Waals surface area (Å²) in [6.45, 7) is 2.43. The number of nitrogens with one attached hydrogen (secondary N) is 2. The fraction of sp³-hybridized carbons (Fsp3) is 0.167. The molecule has 1 amide bonds. The van der Waals surface area contributed by atoms with E-state index < -0.39 is 5.95 Å². The number of amides is 1. The van der Waals surface area contributed by atoms with Crippen LogP contribution in [0.3, 0.4) is 0 Å². The van der Waals surface area contributed by atoms with Crippen molar-refractivity contribution < 1.29 is 9.18 Å². The molecule has 0 fully saturated rings. The molecule has 162 valence electrons. The van der Waals surface area contributed by atoms with Crippen LogP contribution >= 0.6 is 0 Å². The Balaban J connectivity index is 1.46. The van der Waals surface area contributed by atoms with Gasteiger partial charge in [-0.05, 0) is 43.7 Å². The number of hydrogen-bond donors (Lipinski definition) is 2. The zero-order valence-corrected chi connectivity index (χ0v) is 17.5. The molecule has 4 aromatic rings. The standard InChI is InChI=1S/C24H22FN5O2/c1-16(26-22-8-4-7-21(25)27-22)13-14-30(15-31)18-11-9-17(10-12-18)23-19-5-2-3-6-20(19)24(32)29-28-23/h2-12,15-16H,13-14H2,1H3,(H,26,27)(H,29,32). The number of anilines is 2. The molecule has 32 heavy (non-hydrogen) atoms. The van der Waals surface area contributed by atoms with Crippen molar-refractivity contribution in [2.75, 3.05) is 16.8 Å². The highest BCUT2D eigenvalue weighted by molar-refractivity contribution is 5.93. The molecule has 0 spiro atoms. The van der Waals surface area contributed by atoms with Gasteiger partial charge in [0.05, 0.1) is 11.1 Å². The van der Waals surface area contributed by atoms with Gasteiger partial charge < -0.3 is 10.2 Å². The first kappa shape index (κ1) is 21.2. The fourth-order valence-corrected chi connectivity index (χ4v) is 3.53. The molecule has 0 aliphatic heterocycles. The van der Waals surface area contributed by atoms with Crippen LogP contribution in [0.4, 0.5) is 15.9 Å². The molecule has 0 aliphatic carbocycles. The SMILES string of the molecule is CC(CCN(C=O)c1ccc(-c2n[nH]c(=O)c3ccccc23)cc1)Nc1cccc(F)n1. The van der Waals surface area contributed by atoms with Crippen molar-refractivity contribution >= 4 is 28.7 Å². The number of aromatic amines is 1. The third kappa shape index (κ3) is 4.64. The van der Waals surface area contributed by atoms with Crippen LogP contribution in [0, 0.1) is 5.95 Å². The van der Waals surface area contributed by atoms with Gasteiger partial charge in [0.2, 0.25) is 12.4 Å². The predicted octanol–water partition coefficient (Wildman–Crippen LogP) is 3.98. The lowest BCUT2D eigenvalue weighted by Crippen LogP contribution is -2.28. The summed E-state index contributed by atoms with van der Waals surface area (Å²) in [5.74, 6) is -0.0818. The number of carbonyl (C=O) groups is 1. The molecule has 0 radical (unpaired) electrons. The van der Waals surface area contributed by atoms with Gasteiger partial charge in [0.25, 0.3) is 5.56 Å². The van der Waals surface area contributed by atoms with E-state index in [2.05, 4.69) is 20.5 Å². The lowest BCUT2D eigenvalue weighted by molar-refractivity contribution is -0.107. The number of benzene rings is 2. The second kappa shape index (κ2) is 9.38. The minimum absolute atomic E-state index is 0.0114. The van der Waals surface area contributed by atoms with Crippen LogP contribution in [0.5, 0.6) is 0 Å². The van der Waals surface area contributed by atoms with Gasteiger partial charge in [-0.2, -0.15) is 9.49 Å². The number of aromatic nitrogens is 3. The second-order valence-electron chi connectivity index (χ2n) is 7.47. The minimum atomic E-state index is -0.540. The maximum atomic E-state index is 13.2. The number of nitrogens with zero attached hydrogens (tertiary/aromatic N) is 3. The van der Waals surface area contributed by atoms with Gasteiger partial charge in [-0.25, -0.2) is 10.1 Å². The van der Waals surface area contributed by atoms with Crippen molar-refractivity contribution in [1.82, 2.24) is 15.2 Å². The summed E-state index contributed by atoms with van der Waals surface area (Å²) in [7, 11) is 0. The molecule has 8 heteroatoms. The molecule has 0 saturated carbocycles. The van der Waals surface area contributed by atoms with E-state index in [0.717, 1.165) is 23.0 Å². The Labute approximate surface area is 183 Å². The van der Waals surface area contributed by atoms with Gasteiger partial charge in [0.1, 0.15) is 5.82 Å². The maximum absolute atomic E-state index is 13.2. The van der Waals surface area contributed by atoms with E-state index in [9.17, 15) is 14.0 Å². The Bertz CT molecular complexity index is 1290. The number of carbonyl (C=O) groups excluding carboxylic acids is 1. The van der Waals surface area contributed by atoms with Gasteiger partial charge in [-0.1, -0.05) is 36.4 Å². The highest BCUT2D eigenvalue weighted by Crippen LogP contribution is 2.26. The van der Waals surface area contributed by atoms with Crippen LogP contribution in [0.1, 0.15) is 13.3 Å². The van der Waals surface area contributed by atoms with Crippen molar-refractivity contribution in [3.05, 3.63) is 83.0 Å². The molecule has 2 aromatic heterocycles. The monoisotopic (exact) mass is 431 g/mol. The summed E-state index contributed by atoms with van der Waals surface area (Å²) >= 11 is 0. The first-order valence-corrected chi connectivity index (χ1v) is 10.2. The average Bonchev–Trinajstić information content (AvgIpc) is 2.80. The first-order chi connectivity index (χ1) is 15.5. The number of halogens is 1. The molecule has 0 bridgehead atoms. The van der Waals surface area contributed by atoms with Gasteiger partial charge in [-0.15, -0.1) is 0 Å². The van der Waals surface area contributed by atoms with Crippen molar-refractivity contribution in [3.8, 4) is 11.3 Å². The molecule has 0 saturated heterocycles. The summed E-state index contributed by atoms with van der Waals surface area (Å²) in [5, 5.41) is 11.2. The normalized spacial score (nSPS) is 11.8. The summed E-state index contributed by atoms with van der Waals surface area (Å²) < 4.78 is 13.2. The van der Waals surface area contributed by atoms with Crippen molar-refractivity contribution in [1.29, 1.82) is 0 Å². The number of H-pyrrole nitrogens is 1. The van der Waals surface area contributed by atoms with Gasteiger partial charge >= 0.3 is 0 Å². The highest BCUT2D eigenvalue weighted by atomic mass is 19.1. The van der Waals surface area contributed by atoms with Gasteiger partial charge in [0, 0.05) is 29.2 Å². The molecule has 2 N–H and O–H groups in total. The van der Waals surface area contributed by atoms with Gasteiger partial charge in [0.15, 0.2) is 0 Å². The van der Waals surface area contributed by atoms with E-state index in [1.807, 2.05) is 49.4 Å². The Morgan fingerprint density at radius 3 is 2.53 bits per heavy atom. The van der Waals surface area contributed by atoms with Crippen LogP contribution in [0.25, 0.3) is 22.0 Å². The lowest BCUT2D eigenvalue weighted by atomic mass is 10.0. The minimum Gasteiger partial charge on any atom is -0.367 e. The van der Waals surface area contributed by atoms with E-state index in [4.69, 9.17) is 0 Å². The van der Waals surface area contributed by atoms with Crippen LogP contribution in [0.2, 0.25) is 0 Å². The van der Waals surface area contributed by atoms with Crippen molar-refractivity contribution in [2.45, 2.75) is 19.4 Å². The molecule has 1 atom stereocenters. The molecule has 0 aliphatic rings. The smallest absolute Gasteiger partial charge is 0.272 e. The number of fused-ring (bicyclic) bond motifs is 1. The maximum Gasteiger partial charge on any atom is 0.272 e. The van der Waals surface area contributed by atoms with Crippen LogP contribution < -0.4 is 15.8 Å². The molecule has 4 rings (SSSR count). The topological polar surface area (TPSA) is 91.0 Å². The largest absolute Gasteiger partial charge is 0.367 e. The Kier molecular flexibility index (Phi) is 6.21.